The van der Waals surface area contributed by atoms with Gasteiger partial charge in [0.15, 0.2) is 6.29 Å². The highest BCUT2D eigenvalue weighted by molar-refractivity contribution is 7.10. The summed E-state index contributed by atoms with van der Waals surface area (Å²) in [6, 6.07) is 1.90. The first-order valence-corrected chi connectivity index (χ1v) is 6.15. The van der Waals surface area contributed by atoms with Gasteiger partial charge in [0.05, 0.1) is 5.69 Å². The maximum atomic E-state index is 11.0. The molecule has 0 radical (unpaired) electrons. The van der Waals surface area contributed by atoms with E-state index in [0.29, 0.717) is 13.1 Å². The number of carbonyl (C=O) groups excluding carboxylic acids is 1. The number of ether oxygens (including phenoxy) is 2. The lowest BCUT2D eigenvalue weighted by atomic mass is 10.3. The molecule has 0 unspecified atom stereocenters. The third-order valence-corrected chi connectivity index (χ3v) is 3.10. The summed E-state index contributed by atoms with van der Waals surface area (Å²) >= 11 is 1.60. The second kappa shape index (κ2) is 7.39. The van der Waals surface area contributed by atoms with Gasteiger partial charge in [-0.2, -0.15) is 0 Å². The first kappa shape index (κ1) is 14.1. The largest absolute Gasteiger partial charge is 0.355 e. The Balaban J connectivity index is 2.41. The highest BCUT2D eigenvalue weighted by atomic mass is 32.1. The van der Waals surface area contributed by atoms with Crippen molar-refractivity contribution in [2.24, 2.45) is 0 Å². The normalized spacial score (nSPS) is 10.8. The van der Waals surface area contributed by atoms with E-state index in [1.165, 1.54) is 6.92 Å². The third-order valence-electron chi connectivity index (χ3n) is 2.18. The third kappa shape index (κ3) is 4.82. The van der Waals surface area contributed by atoms with E-state index in [9.17, 15) is 4.79 Å². The molecule has 0 aliphatic carbocycles. The zero-order valence-corrected chi connectivity index (χ0v) is 11.1. The van der Waals surface area contributed by atoms with Gasteiger partial charge in [0, 0.05) is 39.1 Å². The summed E-state index contributed by atoms with van der Waals surface area (Å²) in [5, 5.41) is 7.95. The van der Waals surface area contributed by atoms with Gasteiger partial charge in [0.1, 0.15) is 0 Å². The lowest BCUT2D eigenvalue weighted by Gasteiger charge is -2.14. The smallest absolute Gasteiger partial charge is 0.221 e. The number of thiophene rings is 1. The molecule has 0 aliphatic heterocycles. The molecule has 1 amide bonds. The monoisotopic (exact) mass is 258 g/mol. The molecule has 1 rings (SSSR count). The Bertz CT molecular complexity index is 350. The lowest BCUT2D eigenvalue weighted by molar-refractivity contribution is -0.114. The van der Waals surface area contributed by atoms with E-state index in [0.717, 1.165) is 10.6 Å². The molecule has 0 atom stereocenters. The number of amides is 1. The van der Waals surface area contributed by atoms with Crippen molar-refractivity contribution in [2.45, 2.75) is 19.8 Å². The fourth-order valence-electron chi connectivity index (χ4n) is 1.34. The van der Waals surface area contributed by atoms with Crippen LogP contribution in [0, 0.1) is 0 Å². The summed E-state index contributed by atoms with van der Waals surface area (Å²) in [7, 11) is 3.20. The standard InChI is InChI=1S/C11H18N2O3S/c1-8(14)13-9-4-5-17-10(9)6-12-7-11(15-2)16-3/h4-5,11-12H,6-7H2,1-3H3,(H,13,14). The van der Waals surface area contributed by atoms with Crippen molar-refractivity contribution < 1.29 is 14.3 Å². The van der Waals surface area contributed by atoms with E-state index >= 15 is 0 Å². The molecule has 0 saturated carbocycles. The first-order valence-electron chi connectivity index (χ1n) is 5.27. The molecule has 1 heterocycles. The van der Waals surface area contributed by atoms with Gasteiger partial charge in [-0.05, 0) is 11.4 Å². The van der Waals surface area contributed by atoms with Crippen molar-refractivity contribution in [1.29, 1.82) is 0 Å². The van der Waals surface area contributed by atoms with E-state index in [-0.39, 0.29) is 12.2 Å². The predicted octanol–water partition coefficient (Wildman–Crippen LogP) is 1.42. The molecule has 1 aromatic rings. The zero-order valence-electron chi connectivity index (χ0n) is 10.3. The van der Waals surface area contributed by atoms with Crippen molar-refractivity contribution >= 4 is 22.9 Å². The highest BCUT2D eigenvalue weighted by Crippen LogP contribution is 2.21. The molecule has 2 N–H and O–H groups in total. The molecule has 0 saturated heterocycles. The van der Waals surface area contributed by atoms with Crippen LogP contribution < -0.4 is 10.6 Å². The van der Waals surface area contributed by atoms with Crippen LogP contribution in [-0.4, -0.2) is 33.0 Å². The van der Waals surface area contributed by atoms with Crippen LogP contribution in [0.3, 0.4) is 0 Å². The molecular weight excluding hydrogens is 240 g/mol. The van der Waals surface area contributed by atoms with Gasteiger partial charge in [-0.3, -0.25) is 4.79 Å². The maximum absolute atomic E-state index is 11.0. The Morgan fingerprint density at radius 2 is 2.18 bits per heavy atom. The molecule has 0 bridgehead atoms. The van der Waals surface area contributed by atoms with Gasteiger partial charge >= 0.3 is 0 Å². The fraction of sp³-hybridized carbons (Fsp3) is 0.545. The van der Waals surface area contributed by atoms with Gasteiger partial charge in [-0.25, -0.2) is 0 Å². The second-order valence-corrected chi connectivity index (χ2v) is 4.47. The minimum atomic E-state index is -0.251. The first-order chi connectivity index (χ1) is 8.17. The quantitative estimate of drug-likeness (QED) is 0.726. The van der Waals surface area contributed by atoms with Crippen molar-refractivity contribution in [2.75, 3.05) is 26.1 Å². The van der Waals surface area contributed by atoms with E-state index in [2.05, 4.69) is 10.6 Å². The minimum absolute atomic E-state index is 0.0590. The Morgan fingerprint density at radius 3 is 2.76 bits per heavy atom. The molecule has 6 heteroatoms. The summed E-state index contributed by atoms with van der Waals surface area (Å²) < 4.78 is 10.1. The Labute approximate surface area is 105 Å². The lowest BCUT2D eigenvalue weighted by Crippen LogP contribution is -2.29. The van der Waals surface area contributed by atoms with E-state index < -0.39 is 0 Å². The number of carbonyl (C=O) groups is 1. The molecule has 5 nitrogen and oxygen atoms in total. The molecule has 0 fully saturated rings. The summed E-state index contributed by atoms with van der Waals surface area (Å²) in [5.41, 5.74) is 0.862. The number of methoxy groups -OCH3 is 2. The summed E-state index contributed by atoms with van der Waals surface area (Å²) in [6.07, 6.45) is -0.251. The molecule has 96 valence electrons. The molecule has 1 aromatic heterocycles. The Morgan fingerprint density at radius 1 is 1.47 bits per heavy atom. The SMILES string of the molecule is COC(CNCc1sccc1NC(C)=O)OC. The van der Waals surface area contributed by atoms with E-state index in [1.807, 2.05) is 11.4 Å². The van der Waals surface area contributed by atoms with Crippen molar-refractivity contribution in [3.8, 4) is 0 Å². The van der Waals surface area contributed by atoms with E-state index in [1.54, 1.807) is 25.6 Å². The number of nitrogens with one attached hydrogen (secondary N) is 2. The van der Waals surface area contributed by atoms with Crippen LogP contribution >= 0.6 is 11.3 Å². The van der Waals surface area contributed by atoms with Crippen molar-refractivity contribution in [3.63, 3.8) is 0 Å². The molecular formula is C11H18N2O3S. The topological polar surface area (TPSA) is 59.6 Å². The van der Waals surface area contributed by atoms with Gasteiger partial charge in [-0.1, -0.05) is 0 Å². The zero-order chi connectivity index (χ0) is 12.7. The Hall–Kier alpha value is -0.950. The average molecular weight is 258 g/mol. The van der Waals surface area contributed by atoms with Gasteiger partial charge in [0.25, 0.3) is 0 Å². The van der Waals surface area contributed by atoms with Crippen LogP contribution in [0.25, 0.3) is 0 Å². The van der Waals surface area contributed by atoms with E-state index in [4.69, 9.17) is 9.47 Å². The van der Waals surface area contributed by atoms with Crippen molar-refractivity contribution in [1.82, 2.24) is 5.32 Å². The van der Waals surface area contributed by atoms with Crippen LogP contribution in [0.5, 0.6) is 0 Å². The molecule has 0 aromatic carbocycles. The average Bonchev–Trinajstić information content (AvgIpc) is 2.71. The second-order valence-electron chi connectivity index (χ2n) is 3.47. The predicted molar refractivity (Wildman–Crippen MR) is 68.1 cm³/mol. The number of anilines is 1. The number of hydrogen-bond acceptors (Lipinski definition) is 5. The van der Waals surface area contributed by atoms with Gasteiger partial charge in [0.2, 0.25) is 5.91 Å². The number of rotatable bonds is 7. The Kier molecular flexibility index (Phi) is 6.13. The molecule has 17 heavy (non-hydrogen) atoms. The van der Waals surface area contributed by atoms with Crippen LogP contribution in [-0.2, 0) is 20.8 Å². The van der Waals surface area contributed by atoms with Crippen LogP contribution in [0.15, 0.2) is 11.4 Å². The molecule has 0 spiro atoms. The van der Waals surface area contributed by atoms with Crippen LogP contribution in [0.2, 0.25) is 0 Å². The summed E-state index contributed by atoms with van der Waals surface area (Å²) in [5.74, 6) is -0.0590. The fourth-order valence-corrected chi connectivity index (χ4v) is 2.14. The summed E-state index contributed by atoms with van der Waals surface area (Å²) in [6.45, 7) is 2.78. The van der Waals surface area contributed by atoms with Crippen molar-refractivity contribution in [3.05, 3.63) is 16.3 Å². The number of hydrogen-bond donors (Lipinski definition) is 2. The summed E-state index contributed by atoms with van der Waals surface area (Å²) in [4.78, 5) is 12.1. The maximum Gasteiger partial charge on any atom is 0.221 e. The van der Waals surface area contributed by atoms with Crippen LogP contribution in [0.4, 0.5) is 5.69 Å². The highest BCUT2D eigenvalue weighted by Gasteiger charge is 2.07. The van der Waals surface area contributed by atoms with Gasteiger partial charge in [-0.15, -0.1) is 11.3 Å². The minimum Gasteiger partial charge on any atom is -0.355 e. The van der Waals surface area contributed by atoms with Gasteiger partial charge < -0.3 is 20.1 Å². The molecule has 0 aliphatic rings. The van der Waals surface area contributed by atoms with Crippen LogP contribution in [0.1, 0.15) is 11.8 Å².